The number of hydrogen-bond acceptors (Lipinski definition) is 2. The molecule has 0 aliphatic rings. The van der Waals surface area contributed by atoms with E-state index in [0.717, 1.165) is 0 Å². The number of benzene rings is 2. The maximum Gasteiger partial charge on any atom is 0.255 e. The lowest BCUT2D eigenvalue weighted by Gasteiger charge is -2.09. The molecule has 0 bridgehead atoms. The lowest BCUT2D eigenvalue weighted by Crippen LogP contribution is -2.12. The van der Waals surface area contributed by atoms with E-state index >= 15 is 0 Å². The Hall–Kier alpha value is -1.59. The van der Waals surface area contributed by atoms with E-state index in [2.05, 4.69) is 21.2 Å². The second-order valence-corrected chi connectivity index (χ2v) is 5.54. The van der Waals surface area contributed by atoms with Crippen molar-refractivity contribution in [3.8, 4) is 5.75 Å². The number of nitrogens with one attached hydrogen (secondary N) is 1. The molecule has 0 aromatic heterocycles. The van der Waals surface area contributed by atoms with Gasteiger partial charge >= 0.3 is 0 Å². The van der Waals surface area contributed by atoms with Crippen LogP contribution in [-0.4, -0.2) is 12.5 Å². The molecule has 1 N–H and O–H groups in total. The van der Waals surface area contributed by atoms with Gasteiger partial charge in [0.15, 0.2) is 11.6 Å². The van der Waals surface area contributed by atoms with E-state index in [1.54, 1.807) is 25.1 Å². The quantitative estimate of drug-likeness (QED) is 0.829. The first kappa shape index (κ1) is 15.8. The maximum atomic E-state index is 13.7. The number of hydrogen-bond donors (Lipinski definition) is 1. The molecule has 0 saturated heterocycles. The smallest absolute Gasteiger partial charge is 0.255 e. The molecule has 21 heavy (non-hydrogen) atoms. The molecule has 1 amide bonds. The zero-order valence-electron chi connectivity index (χ0n) is 11.1. The van der Waals surface area contributed by atoms with Gasteiger partial charge in [-0.05, 0) is 37.3 Å². The topological polar surface area (TPSA) is 38.3 Å². The van der Waals surface area contributed by atoms with Crippen LogP contribution in [0.15, 0.2) is 40.9 Å². The Kier molecular flexibility index (Phi) is 5.20. The van der Waals surface area contributed by atoms with E-state index in [-0.39, 0.29) is 11.7 Å². The molecule has 0 heterocycles. The predicted molar refractivity (Wildman–Crippen MR) is 84.7 cm³/mol. The summed E-state index contributed by atoms with van der Waals surface area (Å²) >= 11 is 9.16. The van der Waals surface area contributed by atoms with Gasteiger partial charge in [0, 0.05) is 26.8 Å². The van der Waals surface area contributed by atoms with E-state index in [0.29, 0.717) is 27.4 Å². The molecule has 6 heteroatoms. The minimum absolute atomic E-state index is 0.154. The van der Waals surface area contributed by atoms with E-state index in [4.69, 9.17) is 16.3 Å². The molecule has 2 rings (SSSR count). The Morgan fingerprint density at radius 2 is 2.10 bits per heavy atom. The van der Waals surface area contributed by atoms with Crippen LogP contribution in [0.5, 0.6) is 5.75 Å². The van der Waals surface area contributed by atoms with Gasteiger partial charge in [-0.25, -0.2) is 4.39 Å². The lowest BCUT2D eigenvalue weighted by molar-refractivity contribution is 0.102. The van der Waals surface area contributed by atoms with Gasteiger partial charge in [-0.1, -0.05) is 27.5 Å². The van der Waals surface area contributed by atoms with Crippen molar-refractivity contribution >= 4 is 39.1 Å². The van der Waals surface area contributed by atoms with Crippen molar-refractivity contribution in [1.82, 2.24) is 0 Å². The number of anilines is 1. The second-order valence-electron chi connectivity index (χ2n) is 4.19. The summed E-state index contributed by atoms with van der Waals surface area (Å²) in [5.41, 5.74) is 0.723. The summed E-state index contributed by atoms with van der Waals surface area (Å²) in [7, 11) is 0. The van der Waals surface area contributed by atoms with Crippen molar-refractivity contribution in [2.24, 2.45) is 0 Å². The minimum Gasteiger partial charge on any atom is -0.491 e. The third kappa shape index (κ3) is 4.19. The number of ether oxygens (including phenoxy) is 1. The summed E-state index contributed by atoms with van der Waals surface area (Å²) in [6.45, 7) is 2.14. The highest BCUT2D eigenvalue weighted by Crippen LogP contribution is 2.23. The van der Waals surface area contributed by atoms with Gasteiger partial charge in [0.2, 0.25) is 0 Å². The molecule has 0 spiro atoms. The van der Waals surface area contributed by atoms with E-state index in [1.165, 1.54) is 18.2 Å². The standard InChI is InChI=1S/C15H12BrClFNO2/c1-2-21-14-4-3-12(8-13(14)18)19-15(20)9-5-10(16)7-11(17)6-9/h3-8H,2H2,1H3,(H,19,20). The highest BCUT2D eigenvalue weighted by atomic mass is 79.9. The number of amides is 1. The monoisotopic (exact) mass is 371 g/mol. The Bertz CT molecular complexity index is 658. The van der Waals surface area contributed by atoms with E-state index in [9.17, 15) is 9.18 Å². The molecular weight excluding hydrogens is 361 g/mol. The van der Waals surface area contributed by atoms with Crippen LogP contribution in [-0.2, 0) is 0 Å². The van der Waals surface area contributed by atoms with Crippen LogP contribution >= 0.6 is 27.5 Å². The Morgan fingerprint density at radius 1 is 1.33 bits per heavy atom. The Labute approximate surface area is 135 Å². The van der Waals surface area contributed by atoms with Crippen LogP contribution in [0.4, 0.5) is 10.1 Å². The normalized spacial score (nSPS) is 10.3. The molecule has 0 saturated carbocycles. The van der Waals surface area contributed by atoms with Crippen LogP contribution in [0.25, 0.3) is 0 Å². The fourth-order valence-electron chi connectivity index (χ4n) is 1.74. The van der Waals surface area contributed by atoms with Gasteiger partial charge < -0.3 is 10.1 Å². The van der Waals surface area contributed by atoms with Gasteiger partial charge in [-0.3, -0.25) is 4.79 Å². The van der Waals surface area contributed by atoms with Crippen LogP contribution in [0.1, 0.15) is 17.3 Å². The zero-order chi connectivity index (χ0) is 15.4. The molecule has 0 unspecified atom stereocenters. The third-order valence-electron chi connectivity index (χ3n) is 2.61. The first-order chi connectivity index (χ1) is 9.99. The SMILES string of the molecule is CCOc1ccc(NC(=O)c2cc(Cl)cc(Br)c2)cc1F. The average Bonchev–Trinajstić information content (AvgIpc) is 2.41. The van der Waals surface area contributed by atoms with Crippen molar-refractivity contribution in [3.05, 3.63) is 57.3 Å². The lowest BCUT2D eigenvalue weighted by atomic mass is 10.2. The molecule has 2 aromatic carbocycles. The van der Waals surface area contributed by atoms with Gasteiger partial charge in [-0.15, -0.1) is 0 Å². The maximum absolute atomic E-state index is 13.7. The molecule has 110 valence electrons. The van der Waals surface area contributed by atoms with Crippen molar-refractivity contribution in [2.45, 2.75) is 6.92 Å². The molecule has 0 atom stereocenters. The highest BCUT2D eigenvalue weighted by molar-refractivity contribution is 9.10. The Morgan fingerprint density at radius 3 is 2.71 bits per heavy atom. The number of carbonyl (C=O) groups is 1. The fraction of sp³-hybridized carbons (Fsp3) is 0.133. The first-order valence-corrected chi connectivity index (χ1v) is 7.36. The number of carbonyl (C=O) groups excluding carboxylic acids is 1. The Balaban J connectivity index is 2.17. The molecule has 0 fully saturated rings. The fourth-order valence-corrected chi connectivity index (χ4v) is 2.60. The number of rotatable bonds is 4. The first-order valence-electron chi connectivity index (χ1n) is 6.19. The van der Waals surface area contributed by atoms with Crippen molar-refractivity contribution in [2.75, 3.05) is 11.9 Å². The molecule has 0 radical (unpaired) electrons. The van der Waals surface area contributed by atoms with Gasteiger partial charge in [-0.2, -0.15) is 0 Å². The molecule has 0 aliphatic carbocycles. The van der Waals surface area contributed by atoms with E-state index in [1.807, 2.05) is 0 Å². The van der Waals surface area contributed by atoms with Crippen molar-refractivity contribution in [1.29, 1.82) is 0 Å². The zero-order valence-corrected chi connectivity index (χ0v) is 13.5. The summed E-state index contributed by atoms with van der Waals surface area (Å²) in [6.07, 6.45) is 0. The summed E-state index contributed by atoms with van der Waals surface area (Å²) in [5, 5.41) is 3.05. The molecular formula is C15H12BrClFNO2. The molecule has 3 nitrogen and oxygen atoms in total. The minimum atomic E-state index is -0.526. The molecule has 0 aliphatic heterocycles. The summed E-state index contributed by atoms with van der Waals surface area (Å²) in [6, 6.07) is 9.10. The van der Waals surface area contributed by atoms with Gasteiger partial charge in [0.05, 0.1) is 6.61 Å². The second kappa shape index (κ2) is 6.91. The summed E-state index contributed by atoms with van der Waals surface area (Å²) < 4.78 is 19.5. The van der Waals surface area contributed by atoms with Crippen LogP contribution in [0.2, 0.25) is 5.02 Å². The van der Waals surface area contributed by atoms with Crippen LogP contribution < -0.4 is 10.1 Å². The molecule has 2 aromatic rings. The largest absolute Gasteiger partial charge is 0.491 e. The highest BCUT2D eigenvalue weighted by Gasteiger charge is 2.10. The number of halogens is 3. The van der Waals surface area contributed by atoms with Gasteiger partial charge in [0.25, 0.3) is 5.91 Å². The van der Waals surface area contributed by atoms with Gasteiger partial charge in [0.1, 0.15) is 0 Å². The van der Waals surface area contributed by atoms with Crippen molar-refractivity contribution in [3.63, 3.8) is 0 Å². The van der Waals surface area contributed by atoms with Crippen molar-refractivity contribution < 1.29 is 13.9 Å². The van der Waals surface area contributed by atoms with E-state index < -0.39 is 5.82 Å². The average molecular weight is 373 g/mol. The predicted octanol–water partition coefficient (Wildman–Crippen LogP) is 4.89. The third-order valence-corrected chi connectivity index (χ3v) is 3.29. The summed E-state index contributed by atoms with van der Waals surface area (Å²) in [4.78, 5) is 12.1. The van der Waals surface area contributed by atoms with Crippen LogP contribution in [0.3, 0.4) is 0 Å². The summed E-state index contributed by atoms with van der Waals surface area (Å²) in [5.74, 6) is -0.746. The van der Waals surface area contributed by atoms with Crippen LogP contribution in [0, 0.1) is 5.82 Å².